The number of anilines is 1. The van der Waals surface area contributed by atoms with Crippen molar-refractivity contribution in [1.29, 1.82) is 0 Å². The van der Waals surface area contributed by atoms with E-state index < -0.39 is 0 Å². The molecule has 1 fully saturated rings. The molecule has 1 aromatic heterocycles. The van der Waals surface area contributed by atoms with Crippen LogP contribution in [0.4, 0.5) is 5.82 Å². The molecule has 0 atom stereocenters. The first-order valence-corrected chi connectivity index (χ1v) is 7.16. The van der Waals surface area contributed by atoms with Crippen LogP contribution >= 0.6 is 0 Å². The Balaban J connectivity index is 2.03. The first-order chi connectivity index (χ1) is 9.22. The number of rotatable bonds is 8. The van der Waals surface area contributed by atoms with Crippen LogP contribution in [0.2, 0.25) is 0 Å². The number of nitrogens with zero attached hydrogens (tertiary/aromatic N) is 3. The molecule has 0 unspecified atom stereocenters. The lowest BCUT2D eigenvalue weighted by atomic mass is 10.3. The van der Waals surface area contributed by atoms with Gasteiger partial charge in [-0.1, -0.05) is 6.92 Å². The van der Waals surface area contributed by atoms with Crippen molar-refractivity contribution in [1.82, 2.24) is 14.9 Å². The molecule has 106 valence electrons. The summed E-state index contributed by atoms with van der Waals surface area (Å²) in [6.07, 6.45) is 3.54. The average molecular weight is 264 g/mol. The van der Waals surface area contributed by atoms with Crippen LogP contribution < -0.4 is 5.32 Å². The van der Waals surface area contributed by atoms with E-state index in [4.69, 9.17) is 5.11 Å². The molecule has 1 saturated carbocycles. The van der Waals surface area contributed by atoms with Crippen LogP contribution in [0.3, 0.4) is 0 Å². The minimum absolute atomic E-state index is 0.198. The van der Waals surface area contributed by atoms with Crippen LogP contribution in [0, 0.1) is 6.92 Å². The lowest BCUT2D eigenvalue weighted by Crippen LogP contribution is -2.29. The van der Waals surface area contributed by atoms with Gasteiger partial charge in [-0.15, -0.1) is 0 Å². The van der Waals surface area contributed by atoms with Crippen molar-refractivity contribution < 1.29 is 5.11 Å². The Morgan fingerprint density at radius 1 is 1.42 bits per heavy atom. The molecule has 1 aliphatic carbocycles. The predicted octanol–water partition coefficient (Wildman–Crippen LogP) is 1.56. The fraction of sp³-hybridized carbons (Fsp3) is 0.714. The van der Waals surface area contributed by atoms with Gasteiger partial charge in [0.2, 0.25) is 0 Å². The van der Waals surface area contributed by atoms with Crippen molar-refractivity contribution in [3.05, 3.63) is 17.6 Å². The van der Waals surface area contributed by atoms with Gasteiger partial charge in [-0.25, -0.2) is 9.97 Å². The van der Waals surface area contributed by atoms with E-state index in [2.05, 4.69) is 27.1 Å². The van der Waals surface area contributed by atoms with Gasteiger partial charge in [-0.05, 0) is 26.2 Å². The van der Waals surface area contributed by atoms with Gasteiger partial charge < -0.3 is 10.4 Å². The van der Waals surface area contributed by atoms with Gasteiger partial charge in [0.25, 0.3) is 0 Å². The van der Waals surface area contributed by atoms with Gasteiger partial charge in [0, 0.05) is 30.9 Å². The highest BCUT2D eigenvalue weighted by atomic mass is 16.3. The number of aryl methyl sites for hydroxylation is 1. The Morgan fingerprint density at radius 3 is 2.84 bits per heavy atom. The summed E-state index contributed by atoms with van der Waals surface area (Å²) in [6, 6.07) is 2.59. The standard InChI is InChI=1S/C14H24N4O/c1-3-6-15-13-9-11(2)16-14(17-13)10-18(7-8-19)12-4-5-12/h9,12,19H,3-8,10H2,1-2H3,(H,15,16,17). The van der Waals surface area contributed by atoms with E-state index in [0.29, 0.717) is 12.6 Å². The summed E-state index contributed by atoms with van der Waals surface area (Å²) >= 11 is 0. The molecular weight excluding hydrogens is 240 g/mol. The topological polar surface area (TPSA) is 61.3 Å². The van der Waals surface area contributed by atoms with Gasteiger partial charge in [0.15, 0.2) is 0 Å². The second-order valence-corrected chi connectivity index (χ2v) is 5.16. The molecule has 0 spiro atoms. The van der Waals surface area contributed by atoms with Crippen LogP contribution in [-0.2, 0) is 6.54 Å². The highest BCUT2D eigenvalue weighted by Crippen LogP contribution is 2.27. The monoisotopic (exact) mass is 264 g/mol. The summed E-state index contributed by atoms with van der Waals surface area (Å²) in [5.74, 6) is 1.75. The highest BCUT2D eigenvalue weighted by molar-refractivity contribution is 5.35. The maximum absolute atomic E-state index is 9.12. The molecule has 1 aliphatic rings. The molecule has 1 aromatic rings. The maximum Gasteiger partial charge on any atom is 0.144 e. The summed E-state index contributed by atoms with van der Waals surface area (Å²) in [4.78, 5) is 11.3. The average Bonchev–Trinajstić information content (AvgIpc) is 3.19. The number of hydrogen-bond donors (Lipinski definition) is 2. The Kier molecular flexibility index (Phi) is 5.10. The maximum atomic E-state index is 9.12. The molecule has 1 heterocycles. The minimum atomic E-state index is 0.198. The SMILES string of the molecule is CCCNc1cc(C)nc(CN(CCO)C2CC2)n1. The number of aliphatic hydroxyl groups is 1. The highest BCUT2D eigenvalue weighted by Gasteiger charge is 2.29. The van der Waals surface area contributed by atoms with Crippen molar-refractivity contribution in [2.45, 2.75) is 45.7 Å². The van der Waals surface area contributed by atoms with Crippen LogP contribution in [0.5, 0.6) is 0 Å². The number of nitrogens with one attached hydrogen (secondary N) is 1. The zero-order valence-electron chi connectivity index (χ0n) is 11.9. The molecule has 0 aromatic carbocycles. The fourth-order valence-corrected chi connectivity index (χ4v) is 2.18. The van der Waals surface area contributed by atoms with Crippen LogP contribution in [-0.4, -0.2) is 45.7 Å². The van der Waals surface area contributed by atoms with Crippen molar-refractivity contribution in [3.8, 4) is 0 Å². The van der Waals surface area contributed by atoms with Gasteiger partial charge in [0.05, 0.1) is 13.2 Å². The molecule has 5 heteroatoms. The summed E-state index contributed by atoms with van der Waals surface area (Å²) in [5, 5.41) is 12.4. The Labute approximate surface area is 115 Å². The summed E-state index contributed by atoms with van der Waals surface area (Å²) in [7, 11) is 0. The zero-order valence-corrected chi connectivity index (χ0v) is 11.9. The lowest BCUT2D eigenvalue weighted by Gasteiger charge is -2.20. The number of hydrogen-bond acceptors (Lipinski definition) is 5. The van der Waals surface area contributed by atoms with Crippen LogP contribution in [0.25, 0.3) is 0 Å². The summed E-state index contributed by atoms with van der Waals surface area (Å²) in [6.45, 7) is 6.70. The van der Waals surface area contributed by atoms with Gasteiger partial charge in [0.1, 0.15) is 11.6 Å². The van der Waals surface area contributed by atoms with E-state index in [9.17, 15) is 0 Å². The second kappa shape index (κ2) is 6.82. The lowest BCUT2D eigenvalue weighted by molar-refractivity contribution is 0.180. The molecule has 0 radical (unpaired) electrons. The minimum Gasteiger partial charge on any atom is -0.395 e. The number of aliphatic hydroxyl groups excluding tert-OH is 1. The molecule has 2 rings (SSSR count). The van der Waals surface area contributed by atoms with E-state index in [-0.39, 0.29) is 6.61 Å². The predicted molar refractivity (Wildman–Crippen MR) is 76.1 cm³/mol. The van der Waals surface area contributed by atoms with Crippen LogP contribution in [0.1, 0.15) is 37.7 Å². The first kappa shape index (κ1) is 14.2. The van der Waals surface area contributed by atoms with E-state index >= 15 is 0 Å². The van der Waals surface area contributed by atoms with E-state index in [0.717, 1.165) is 36.8 Å². The number of aromatic nitrogens is 2. The largest absolute Gasteiger partial charge is 0.395 e. The third kappa shape index (κ3) is 4.44. The van der Waals surface area contributed by atoms with E-state index in [1.54, 1.807) is 0 Å². The van der Waals surface area contributed by atoms with E-state index in [1.165, 1.54) is 12.8 Å². The molecule has 0 bridgehead atoms. The molecule has 5 nitrogen and oxygen atoms in total. The van der Waals surface area contributed by atoms with Crippen molar-refractivity contribution >= 4 is 5.82 Å². The third-order valence-corrected chi connectivity index (χ3v) is 3.25. The second-order valence-electron chi connectivity index (χ2n) is 5.16. The molecule has 0 amide bonds. The van der Waals surface area contributed by atoms with E-state index in [1.807, 2.05) is 13.0 Å². The van der Waals surface area contributed by atoms with Crippen LogP contribution in [0.15, 0.2) is 6.07 Å². The molecule has 2 N–H and O–H groups in total. The normalized spacial score (nSPS) is 14.9. The van der Waals surface area contributed by atoms with Gasteiger partial charge in [-0.2, -0.15) is 0 Å². The molecular formula is C14H24N4O. The van der Waals surface area contributed by atoms with Crippen molar-refractivity contribution in [2.75, 3.05) is 25.0 Å². The molecule has 0 aliphatic heterocycles. The van der Waals surface area contributed by atoms with Crippen molar-refractivity contribution in [2.24, 2.45) is 0 Å². The zero-order chi connectivity index (χ0) is 13.7. The Bertz CT molecular complexity index is 406. The van der Waals surface area contributed by atoms with Crippen molar-refractivity contribution in [3.63, 3.8) is 0 Å². The molecule has 19 heavy (non-hydrogen) atoms. The smallest absolute Gasteiger partial charge is 0.144 e. The Hall–Kier alpha value is -1.20. The summed E-state index contributed by atoms with van der Waals surface area (Å²) in [5.41, 5.74) is 0.989. The first-order valence-electron chi connectivity index (χ1n) is 7.16. The Morgan fingerprint density at radius 2 is 2.21 bits per heavy atom. The third-order valence-electron chi connectivity index (χ3n) is 3.25. The van der Waals surface area contributed by atoms with Gasteiger partial charge >= 0.3 is 0 Å². The van der Waals surface area contributed by atoms with Gasteiger partial charge in [-0.3, -0.25) is 4.90 Å². The quantitative estimate of drug-likeness (QED) is 0.746. The summed E-state index contributed by atoms with van der Waals surface area (Å²) < 4.78 is 0. The fourth-order valence-electron chi connectivity index (χ4n) is 2.18. The molecule has 0 saturated heterocycles.